The summed E-state index contributed by atoms with van der Waals surface area (Å²) < 4.78 is 5.39. The molecule has 5 nitrogen and oxygen atoms in total. The monoisotopic (exact) mass is 305 g/mol. The Labute approximate surface area is 126 Å². The first-order chi connectivity index (χ1) is 10.1. The number of ketones is 1. The van der Waals surface area contributed by atoms with Crippen molar-refractivity contribution in [2.24, 2.45) is 0 Å². The van der Waals surface area contributed by atoms with Gasteiger partial charge in [-0.2, -0.15) is 0 Å². The third kappa shape index (κ3) is 3.58. The number of halogens is 1. The molecule has 6 heteroatoms. The number of alkyl halides is 1. The zero-order valence-electron chi connectivity index (χ0n) is 11.0. The summed E-state index contributed by atoms with van der Waals surface area (Å²) in [7, 11) is 0. The number of hydrogen-bond donors (Lipinski definition) is 0. The number of nitro benzene ring substituents is 1. The lowest BCUT2D eigenvalue weighted by atomic mass is 10.0. The maximum absolute atomic E-state index is 12.5. The van der Waals surface area contributed by atoms with Gasteiger partial charge in [0.25, 0.3) is 5.69 Å². The molecule has 0 radical (unpaired) electrons. The van der Waals surface area contributed by atoms with Crippen molar-refractivity contribution in [3.63, 3.8) is 0 Å². The molecule has 0 aliphatic carbocycles. The van der Waals surface area contributed by atoms with Crippen molar-refractivity contribution in [1.82, 2.24) is 0 Å². The van der Waals surface area contributed by atoms with Crippen LogP contribution in [-0.4, -0.2) is 23.2 Å². The van der Waals surface area contributed by atoms with Crippen molar-refractivity contribution in [2.75, 3.05) is 12.5 Å². The molecule has 21 heavy (non-hydrogen) atoms. The van der Waals surface area contributed by atoms with Crippen molar-refractivity contribution < 1.29 is 14.5 Å². The molecule has 108 valence electrons. The first kappa shape index (κ1) is 15.0. The Morgan fingerprint density at radius 3 is 2.52 bits per heavy atom. The van der Waals surface area contributed by atoms with Gasteiger partial charge >= 0.3 is 0 Å². The van der Waals surface area contributed by atoms with Gasteiger partial charge in [-0.15, -0.1) is 11.6 Å². The van der Waals surface area contributed by atoms with Crippen LogP contribution in [0, 0.1) is 10.1 Å². The third-order valence-electron chi connectivity index (χ3n) is 2.79. The number of benzene rings is 2. The largest absolute Gasteiger partial charge is 0.492 e. The normalized spacial score (nSPS) is 10.1. The molecule has 0 aliphatic rings. The van der Waals surface area contributed by atoms with Crippen molar-refractivity contribution in [3.05, 3.63) is 69.8 Å². The topological polar surface area (TPSA) is 69.4 Å². The standard InChI is InChI=1S/C15H12ClNO4/c16-8-9-21-14-7-6-12(17(19)20)10-13(14)15(18)11-4-2-1-3-5-11/h1-7,10H,8-9H2. The second-order valence-electron chi connectivity index (χ2n) is 4.17. The van der Waals surface area contributed by atoms with Crippen LogP contribution in [0.2, 0.25) is 0 Å². The molecule has 0 fully saturated rings. The highest BCUT2D eigenvalue weighted by Gasteiger charge is 2.19. The molecule has 0 N–H and O–H groups in total. The van der Waals surface area contributed by atoms with Gasteiger partial charge in [0.05, 0.1) is 16.4 Å². The van der Waals surface area contributed by atoms with Gasteiger partial charge in [0, 0.05) is 17.7 Å². The Kier molecular flexibility index (Phi) is 4.90. The molecule has 0 heterocycles. The minimum Gasteiger partial charge on any atom is -0.492 e. The lowest BCUT2D eigenvalue weighted by Gasteiger charge is -2.09. The van der Waals surface area contributed by atoms with Crippen LogP contribution in [-0.2, 0) is 0 Å². The Bertz CT molecular complexity index is 658. The van der Waals surface area contributed by atoms with Crippen LogP contribution >= 0.6 is 11.6 Å². The van der Waals surface area contributed by atoms with Gasteiger partial charge in [-0.3, -0.25) is 14.9 Å². The molecule has 2 aromatic rings. The van der Waals surface area contributed by atoms with Gasteiger partial charge < -0.3 is 4.74 Å². The van der Waals surface area contributed by atoms with Gasteiger partial charge in [0.2, 0.25) is 0 Å². The number of ether oxygens (including phenoxy) is 1. The fourth-order valence-electron chi connectivity index (χ4n) is 1.83. The van der Waals surface area contributed by atoms with Crippen LogP contribution in [0.5, 0.6) is 5.75 Å². The number of nitrogens with zero attached hydrogens (tertiary/aromatic N) is 1. The van der Waals surface area contributed by atoms with Crippen LogP contribution in [0.4, 0.5) is 5.69 Å². The van der Waals surface area contributed by atoms with E-state index in [2.05, 4.69) is 0 Å². The van der Waals surface area contributed by atoms with Crippen molar-refractivity contribution in [3.8, 4) is 5.75 Å². The van der Waals surface area contributed by atoms with Gasteiger partial charge in [-0.1, -0.05) is 30.3 Å². The maximum Gasteiger partial charge on any atom is 0.270 e. The quantitative estimate of drug-likeness (QED) is 0.355. The molecule has 0 saturated heterocycles. The smallest absolute Gasteiger partial charge is 0.270 e. The summed E-state index contributed by atoms with van der Waals surface area (Å²) in [5.74, 6) is 0.217. The molecule has 0 atom stereocenters. The first-order valence-electron chi connectivity index (χ1n) is 6.20. The van der Waals surface area contributed by atoms with Crippen LogP contribution in [0.25, 0.3) is 0 Å². The molecule has 0 saturated carbocycles. The molecule has 0 aromatic heterocycles. The minimum absolute atomic E-state index is 0.153. The van der Waals surface area contributed by atoms with E-state index in [0.29, 0.717) is 5.56 Å². The summed E-state index contributed by atoms with van der Waals surface area (Å²) in [6.45, 7) is 0.217. The van der Waals surface area contributed by atoms with Crippen LogP contribution in [0.1, 0.15) is 15.9 Å². The zero-order chi connectivity index (χ0) is 15.2. The number of non-ortho nitro benzene ring substituents is 1. The van der Waals surface area contributed by atoms with Crippen molar-refractivity contribution in [1.29, 1.82) is 0 Å². The lowest BCUT2D eigenvalue weighted by molar-refractivity contribution is -0.384. The van der Waals surface area contributed by atoms with Crippen molar-refractivity contribution >= 4 is 23.1 Å². The van der Waals surface area contributed by atoms with Gasteiger partial charge in [0.1, 0.15) is 12.4 Å². The highest BCUT2D eigenvalue weighted by molar-refractivity contribution is 6.18. The molecular formula is C15H12ClNO4. The van der Waals surface area contributed by atoms with E-state index < -0.39 is 4.92 Å². The average molecular weight is 306 g/mol. The second kappa shape index (κ2) is 6.85. The van der Waals surface area contributed by atoms with E-state index in [1.165, 1.54) is 18.2 Å². The summed E-state index contributed by atoms with van der Waals surface area (Å²) in [6, 6.07) is 12.5. The Balaban J connectivity index is 2.45. The highest BCUT2D eigenvalue weighted by atomic mass is 35.5. The van der Waals surface area contributed by atoms with E-state index in [1.807, 2.05) is 0 Å². The van der Waals surface area contributed by atoms with E-state index in [-0.39, 0.29) is 35.3 Å². The van der Waals surface area contributed by atoms with E-state index in [9.17, 15) is 14.9 Å². The summed E-state index contributed by atoms with van der Waals surface area (Å²) in [5, 5.41) is 10.9. The Morgan fingerprint density at radius 1 is 1.19 bits per heavy atom. The molecule has 0 spiro atoms. The van der Waals surface area contributed by atoms with Crippen LogP contribution in [0.15, 0.2) is 48.5 Å². The average Bonchev–Trinajstić information content (AvgIpc) is 2.52. The SMILES string of the molecule is O=C(c1ccccc1)c1cc([N+](=O)[O-])ccc1OCCCl. The van der Waals surface area contributed by atoms with E-state index in [0.717, 1.165) is 0 Å². The van der Waals surface area contributed by atoms with E-state index in [1.54, 1.807) is 30.3 Å². The summed E-state index contributed by atoms with van der Waals surface area (Å²) >= 11 is 5.56. The number of nitro groups is 1. The first-order valence-corrected chi connectivity index (χ1v) is 6.74. The number of carbonyl (C=O) groups is 1. The van der Waals surface area contributed by atoms with E-state index >= 15 is 0 Å². The molecule has 0 amide bonds. The zero-order valence-corrected chi connectivity index (χ0v) is 11.7. The molecule has 2 aromatic carbocycles. The summed E-state index contributed by atoms with van der Waals surface area (Å²) in [5.41, 5.74) is 0.432. The number of carbonyl (C=O) groups excluding carboxylic acids is 1. The lowest BCUT2D eigenvalue weighted by Crippen LogP contribution is -2.07. The molecule has 2 rings (SSSR count). The predicted molar refractivity (Wildman–Crippen MR) is 79.2 cm³/mol. The molecule has 0 aliphatic heterocycles. The Hall–Kier alpha value is -2.40. The van der Waals surface area contributed by atoms with E-state index in [4.69, 9.17) is 16.3 Å². The number of rotatable bonds is 6. The molecule has 0 bridgehead atoms. The minimum atomic E-state index is -0.549. The number of hydrogen-bond acceptors (Lipinski definition) is 4. The third-order valence-corrected chi connectivity index (χ3v) is 2.94. The van der Waals surface area contributed by atoms with Gasteiger partial charge in [-0.25, -0.2) is 0 Å². The fourth-order valence-corrected chi connectivity index (χ4v) is 1.91. The highest BCUT2D eigenvalue weighted by Crippen LogP contribution is 2.26. The summed E-state index contributed by atoms with van der Waals surface area (Å²) in [4.78, 5) is 22.8. The molecule has 0 unspecified atom stereocenters. The maximum atomic E-state index is 12.5. The fraction of sp³-hybridized carbons (Fsp3) is 0.133. The van der Waals surface area contributed by atoms with Crippen molar-refractivity contribution in [2.45, 2.75) is 0 Å². The van der Waals surface area contributed by atoms with Crippen LogP contribution < -0.4 is 4.74 Å². The van der Waals surface area contributed by atoms with Gasteiger partial charge in [-0.05, 0) is 6.07 Å². The molecular weight excluding hydrogens is 294 g/mol. The van der Waals surface area contributed by atoms with Gasteiger partial charge in [0.15, 0.2) is 5.78 Å². The van der Waals surface area contributed by atoms with Crippen LogP contribution in [0.3, 0.4) is 0 Å². The summed E-state index contributed by atoms with van der Waals surface area (Å²) in [6.07, 6.45) is 0. The predicted octanol–water partition coefficient (Wildman–Crippen LogP) is 3.44. The Morgan fingerprint density at radius 2 is 1.90 bits per heavy atom. The second-order valence-corrected chi connectivity index (χ2v) is 4.55.